The fraction of sp³-hybridized carbons (Fsp3) is 0.314. The third kappa shape index (κ3) is 7.53. The van der Waals surface area contributed by atoms with E-state index in [1.165, 1.54) is 0 Å². The molecule has 4 aromatic rings. The lowest BCUT2D eigenvalue weighted by Crippen LogP contribution is -2.49. The van der Waals surface area contributed by atoms with Crippen LogP contribution in [0.4, 0.5) is 0 Å². The molecule has 1 fully saturated rings. The van der Waals surface area contributed by atoms with Gasteiger partial charge in [-0.05, 0) is 60.1 Å². The van der Waals surface area contributed by atoms with Gasteiger partial charge in [-0.3, -0.25) is 4.90 Å². The number of piperazine rings is 1. The topological polar surface area (TPSA) is 43.4 Å². The molecule has 0 spiro atoms. The molecule has 1 saturated heterocycles. The van der Waals surface area contributed by atoms with Crippen molar-refractivity contribution in [1.82, 2.24) is 9.80 Å². The van der Waals surface area contributed by atoms with Gasteiger partial charge in [0.05, 0.1) is 30.9 Å². The molecule has 1 aliphatic heterocycles. The van der Waals surface area contributed by atoms with E-state index < -0.39 is 5.60 Å². The molecule has 0 aromatic heterocycles. The van der Waals surface area contributed by atoms with Crippen LogP contribution in [0.2, 0.25) is 10.0 Å². The maximum atomic E-state index is 7.20. The molecular weight excluding hydrogens is 663 g/mol. The molecule has 1 atom stereocenters. The Hall–Kier alpha value is -2.78. The Bertz CT molecular complexity index is 1430. The van der Waals surface area contributed by atoms with E-state index in [0.717, 1.165) is 58.8 Å². The summed E-state index contributed by atoms with van der Waals surface area (Å²) in [6, 6.07) is 29.9. The summed E-state index contributed by atoms with van der Waals surface area (Å²) >= 11 is 16.8. The van der Waals surface area contributed by atoms with Gasteiger partial charge in [0.25, 0.3) is 0 Å². The molecule has 0 unspecified atom stereocenters. The third-order valence-corrected chi connectivity index (χ3v) is 8.98. The number of rotatable bonds is 12. The second-order valence-electron chi connectivity index (χ2n) is 10.9. The highest BCUT2D eigenvalue weighted by Gasteiger charge is 2.39. The van der Waals surface area contributed by atoms with E-state index in [-0.39, 0.29) is 12.7 Å². The smallest absolute Gasteiger partial charge is 0.157 e. The predicted molar refractivity (Wildman–Crippen MR) is 181 cm³/mol. The van der Waals surface area contributed by atoms with E-state index >= 15 is 0 Å². The molecule has 0 amide bonds. The zero-order chi connectivity index (χ0) is 31.1. The summed E-state index contributed by atoms with van der Waals surface area (Å²) in [5, 5.41) is 0.875. The maximum absolute atomic E-state index is 7.20. The average molecular weight is 701 g/mol. The van der Waals surface area contributed by atoms with Crippen molar-refractivity contribution in [3.05, 3.63) is 122 Å². The molecule has 0 bridgehead atoms. The third-order valence-electron chi connectivity index (χ3n) is 7.96. The Morgan fingerprint density at radius 1 is 0.750 bits per heavy atom. The minimum Gasteiger partial charge on any atom is -0.497 e. The van der Waals surface area contributed by atoms with Gasteiger partial charge >= 0.3 is 0 Å². The molecule has 0 aliphatic carbocycles. The number of halogens is 3. The van der Waals surface area contributed by atoms with Crippen LogP contribution in [0, 0.1) is 0 Å². The first-order valence-electron chi connectivity index (χ1n) is 14.5. The second-order valence-corrected chi connectivity index (χ2v) is 12.6. The zero-order valence-corrected chi connectivity index (χ0v) is 28.2. The van der Waals surface area contributed by atoms with E-state index in [1.807, 2.05) is 42.5 Å². The van der Waals surface area contributed by atoms with Gasteiger partial charge in [-0.15, -0.1) is 0 Å². The number of hydrogen-bond acceptors (Lipinski definition) is 6. The number of nitrogens with zero attached hydrogens (tertiary/aromatic N) is 2. The number of hydrogen-bond donors (Lipinski definition) is 0. The summed E-state index contributed by atoms with van der Waals surface area (Å²) in [5.41, 5.74) is 1.91. The van der Waals surface area contributed by atoms with Crippen LogP contribution in [0.15, 0.2) is 95.5 Å². The molecule has 44 heavy (non-hydrogen) atoms. The summed E-state index contributed by atoms with van der Waals surface area (Å²) < 4.78 is 25.6. The predicted octanol–water partition coefficient (Wildman–Crippen LogP) is 7.78. The van der Waals surface area contributed by atoms with Gasteiger partial charge in [-0.25, -0.2) is 0 Å². The minimum absolute atomic E-state index is 0.252. The lowest BCUT2D eigenvalue weighted by molar-refractivity contribution is -0.0410. The van der Waals surface area contributed by atoms with Crippen LogP contribution in [0.3, 0.4) is 0 Å². The number of likely N-dealkylation sites (N-methyl/N-ethyl adjacent to an activating group) is 1. The van der Waals surface area contributed by atoms with Crippen molar-refractivity contribution in [2.45, 2.75) is 11.7 Å². The monoisotopic (exact) mass is 698 g/mol. The first-order chi connectivity index (χ1) is 21.3. The molecule has 1 aliphatic rings. The lowest BCUT2D eigenvalue weighted by atomic mass is 9.80. The standard InChI is InChI=1S/C35H37BrCl2N2O4/c1-39-17-19-40(20-18-39)23-31(44-34-32(37)21-28(36)22-33(34)38)24-43-35(25-7-5-4-6-8-25,26-9-13-29(41-2)14-10-26)27-11-15-30(42-3)16-12-27/h4-16,21-22,31H,17-20,23-24H2,1-3H3/t31-/m1/s1. The lowest BCUT2D eigenvalue weighted by Gasteiger charge is -2.39. The fourth-order valence-corrected chi connectivity index (χ4v) is 6.84. The minimum atomic E-state index is -0.975. The molecule has 0 radical (unpaired) electrons. The summed E-state index contributed by atoms with van der Waals surface area (Å²) in [6.07, 6.45) is -0.380. The molecule has 6 nitrogen and oxygen atoms in total. The molecule has 0 saturated carbocycles. The Morgan fingerprint density at radius 3 is 1.75 bits per heavy atom. The van der Waals surface area contributed by atoms with Crippen LogP contribution in [-0.4, -0.2) is 76.5 Å². The van der Waals surface area contributed by atoms with Crippen molar-refractivity contribution in [2.24, 2.45) is 0 Å². The van der Waals surface area contributed by atoms with Crippen LogP contribution >= 0.6 is 39.1 Å². The average Bonchev–Trinajstić information content (AvgIpc) is 3.05. The van der Waals surface area contributed by atoms with Crippen LogP contribution < -0.4 is 14.2 Å². The summed E-state index contributed by atoms with van der Waals surface area (Å²) in [7, 11) is 5.48. The molecule has 0 N–H and O–H groups in total. The molecular formula is C35H37BrCl2N2O4. The van der Waals surface area contributed by atoms with Gasteiger partial charge in [0.2, 0.25) is 0 Å². The Morgan fingerprint density at radius 2 is 1.25 bits per heavy atom. The number of methoxy groups -OCH3 is 2. The highest BCUT2D eigenvalue weighted by molar-refractivity contribution is 9.10. The van der Waals surface area contributed by atoms with Crippen molar-refractivity contribution < 1.29 is 18.9 Å². The number of ether oxygens (including phenoxy) is 4. The first kappa shape index (κ1) is 32.6. The van der Waals surface area contributed by atoms with Crippen molar-refractivity contribution in [3.8, 4) is 17.2 Å². The Kier molecular flexibility index (Phi) is 11.1. The SMILES string of the molecule is COc1ccc(C(OC[C@@H](CN2CCN(C)CC2)Oc2c(Cl)cc(Br)cc2Cl)(c2ccccc2)c2ccc(OC)cc2)cc1. The van der Waals surface area contributed by atoms with Gasteiger partial charge in [-0.2, -0.15) is 0 Å². The molecule has 9 heteroatoms. The second kappa shape index (κ2) is 15.0. The highest BCUT2D eigenvalue weighted by atomic mass is 79.9. The maximum Gasteiger partial charge on any atom is 0.157 e. The molecule has 4 aromatic carbocycles. The summed E-state index contributed by atoms with van der Waals surface area (Å²) in [4.78, 5) is 4.73. The normalized spacial score (nSPS) is 15.1. The van der Waals surface area contributed by atoms with Gasteiger partial charge < -0.3 is 23.8 Å². The van der Waals surface area contributed by atoms with E-state index in [2.05, 4.69) is 69.2 Å². The van der Waals surface area contributed by atoms with Crippen LogP contribution in [0.1, 0.15) is 16.7 Å². The van der Waals surface area contributed by atoms with Crippen LogP contribution in [0.25, 0.3) is 0 Å². The van der Waals surface area contributed by atoms with E-state index in [4.69, 9.17) is 42.1 Å². The van der Waals surface area contributed by atoms with Crippen molar-refractivity contribution in [1.29, 1.82) is 0 Å². The summed E-state index contributed by atoms with van der Waals surface area (Å²) in [6.45, 7) is 4.73. The van der Waals surface area contributed by atoms with Gasteiger partial charge in [0.1, 0.15) is 23.2 Å². The quantitative estimate of drug-likeness (QED) is 0.141. The van der Waals surface area contributed by atoms with E-state index in [9.17, 15) is 0 Å². The van der Waals surface area contributed by atoms with Gasteiger partial charge in [0.15, 0.2) is 5.75 Å². The van der Waals surface area contributed by atoms with Gasteiger partial charge in [-0.1, -0.05) is 93.7 Å². The Balaban J connectivity index is 1.57. The first-order valence-corrected chi connectivity index (χ1v) is 16.1. The van der Waals surface area contributed by atoms with Crippen molar-refractivity contribution in [2.75, 3.05) is 60.6 Å². The Labute approximate surface area is 278 Å². The van der Waals surface area contributed by atoms with Crippen molar-refractivity contribution >= 4 is 39.1 Å². The molecule has 232 valence electrons. The van der Waals surface area contributed by atoms with E-state index in [0.29, 0.717) is 22.3 Å². The fourth-order valence-electron chi connectivity index (χ4n) is 5.54. The van der Waals surface area contributed by atoms with Crippen LogP contribution in [0.5, 0.6) is 17.2 Å². The molecule has 5 rings (SSSR count). The largest absolute Gasteiger partial charge is 0.497 e. The van der Waals surface area contributed by atoms with Crippen LogP contribution in [-0.2, 0) is 10.3 Å². The van der Waals surface area contributed by atoms with E-state index in [1.54, 1.807) is 26.4 Å². The highest BCUT2D eigenvalue weighted by Crippen LogP contribution is 2.42. The van der Waals surface area contributed by atoms with Crippen molar-refractivity contribution in [3.63, 3.8) is 0 Å². The van der Waals surface area contributed by atoms with Gasteiger partial charge in [0, 0.05) is 37.2 Å². The zero-order valence-electron chi connectivity index (χ0n) is 25.1. The molecule has 1 heterocycles. The number of benzene rings is 4. The summed E-state index contributed by atoms with van der Waals surface area (Å²) in [5.74, 6) is 1.97.